The Kier molecular flexibility index (Phi) is 7.80. The standard InChI is InChI=1S/C11H23NO3S/c1-9(7-13)8-16-6-4-5-11(2,12)10(14)15-3/h9,13H,4-8,12H2,1-3H3. The number of nitrogens with two attached hydrogens (primary N) is 1. The third kappa shape index (κ3) is 6.35. The summed E-state index contributed by atoms with van der Waals surface area (Å²) < 4.78 is 4.62. The third-order valence-electron chi connectivity index (χ3n) is 2.35. The predicted molar refractivity (Wildman–Crippen MR) is 67.4 cm³/mol. The monoisotopic (exact) mass is 249 g/mol. The highest BCUT2D eigenvalue weighted by molar-refractivity contribution is 7.99. The van der Waals surface area contributed by atoms with Crippen molar-refractivity contribution in [3.05, 3.63) is 0 Å². The first kappa shape index (κ1) is 15.7. The SMILES string of the molecule is COC(=O)C(C)(N)CCCSCC(C)CO. The molecule has 0 saturated heterocycles. The maximum Gasteiger partial charge on any atom is 0.325 e. The van der Waals surface area contributed by atoms with Crippen LogP contribution >= 0.6 is 11.8 Å². The fourth-order valence-electron chi connectivity index (χ4n) is 1.21. The molecule has 0 aromatic carbocycles. The van der Waals surface area contributed by atoms with Crippen LogP contribution in [0.15, 0.2) is 0 Å². The van der Waals surface area contributed by atoms with Crippen LogP contribution < -0.4 is 5.73 Å². The maximum absolute atomic E-state index is 11.3. The van der Waals surface area contributed by atoms with Gasteiger partial charge in [0.15, 0.2) is 0 Å². The topological polar surface area (TPSA) is 72.5 Å². The van der Waals surface area contributed by atoms with Gasteiger partial charge in [-0.2, -0.15) is 11.8 Å². The Balaban J connectivity index is 3.62. The lowest BCUT2D eigenvalue weighted by atomic mass is 9.98. The molecule has 0 heterocycles. The van der Waals surface area contributed by atoms with Gasteiger partial charge in [-0.25, -0.2) is 0 Å². The smallest absolute Gasteiger partial charge is 0.325 e. The molecule has 0 aromatic heterocycles. The van der Waals surface area contributed by atoms with Crippen LogP contribution in [0.2, 0.25) is 0 Å². The number of rotatable bonds is 8. The van der Waals surface area contributed by atoms with E-state index in [1.54, 1.807) is 18.7 Å². The minimum absolute atomic E-state index is 0.226. The summed E-state index contributed by atoms with van der Waals surface area (Å²) in [5.74, 6) is 1.86. The molecule has 0 radical (unpaired) electrons. The zero-order valence-corrected chi connectivity index (χ0v) is 11.2. The number of esters is 1. The van der Waals surface area contributed by atoms with Gasteiger partial charge in [-0.1, -0.05) is 6.92 Å². The summed E-state index contributed by atoms with van der Waals surface area (Å²) in [6, 6.07) is 0. The first-order valence-corrected chi connectivity index (χ1v) is 6.65. The molecule has 0 saturated carbocycles. The minimum atomic E-state index is -0.877. The van der Waals surface area contributed by atoms with Crippen molar-refractivity contribution in [2.75, 3.05) is 25.2 Å². The minimum Gasteiger partial charge on any atom is -0.468 e. The van der Waals surface area contributed by atoms with E-state index in [4.69, 9.17) is 10.8 Å². The van der Waals surface area contributed by atoms with E-state index in [1.807, 2.05) is 6.92 Å². The summed E-state index contributed by atoms with van der Waals surface area (Å²) in [7, 11) is 1.35. The molecule has 0 spiro atoms. The van der Waals surface area contributed by atoms with Crippen molar-refractivity contribution >= 4 is 17.7 Å². The van der Waals surface area contributed by atoms with Crippen molar-refractivity contribution in [1.29, 1.82) is 0 Å². The van der Waals surface area contributed by atoms with E-state index in [-0.39, 0.29) is 12.6 Å². The molecule has 4 nitrogen and oxygen atoms in total. The van der Waals surface area contributed by atoms with Crippen LogP contribution in [0.3, 0.4) is 0 Å². The van der Waals surface area contributed by atoms with Gasteiger partial charge in [0.05, 0.1) is 7.11 Å². The molecular weight excluding hydrogens is 226 g/mol. The molecule has 2 unspecified atom stereocenters. The molecule has 5 heteroatoms. The Bertz CT molecular complexity index is 209. The fraction of sp³-hybridized carbons (Fsp3) is 0.909. The zero-order chi connectivity index (χ0) is 12.6. The molecule has 3 N–H and O–H groups in total. The van der Waals surface area contributed by atoms with Gasteiger partial charge < -0.3 is 15.6 Å². The normalized spacial score (nSPS) is 16.6. The van der Waals surface area contributed by atoms with Gasteiger partial charge >= 0.3 is 5.97 Å². The highest BCUT2D eigenvalue weighted by Crippen LogP contribution is 2.15. The van der Waals surface area contributed by atoms with Crippen molar-refractivity contribution in [2.24, 2.45) is 11.7 Å². The molecular formula is C11H23NO3S. The van der Waals surface area contributed by atoms with Crippen LogP contribution in [0.25, 0.3) is 0 Å². The Morgan fingerprint density at radius 1 is 1.62 bits per heavy atom. The van der Waals surface area contributed by atoms with E-state index in [2.05, 4.69) is 4.74 Å². The molecule has 0 bridgehead atoms. The lowest BCUT2D eigenvalue weighted by Crippen LogP contribution is -2.45. The van der Waals surface area contributed by atoms with E-state index in [9.17, 15) is 4.79 Å². The van der Waals surface area contributed by atoms with Crippen molar-refractivity contribution in [3.63, 3.8) is 0 Å². The van der Waals surface area contributed by atoms with Gasteiger partial charge in [-0.3, -0.25) is 4.79 Å². The van der Waals surface area contributed by atoms with Crippen LogP contribution in [0, 0.1) is 5.92 Å². The average Bonchev–Trinajstić information content (AvgIpc) is 2.26. The molecule has 0 aromatic rings. The maximum atomic E-state index is 11.3. The van der Waals surface area contributed by atoms with Gasteiger partial charge in [-0.05, 0) is 37.2 Å². The second-order valence-electron chi connectivity index (χ2n) is 4.38. The van der Waals surface area contributed by atoms with Gasteiger partial charge in [0.25, 0.3) is 0 Å². The molecule has 16 heavy (non-hydrogen) atoms. The van der Waals surface area contributed by atoms with E-state index in [0.717, 1.165) is 17.9 Å². The van der Waals surface area contributed by atoms with Crippen molar-refractivity contribution in [3.8, 4) is 0 Å². The predicted octanol–water partition coefficient (Wildman–Crippen LogP) is 1.02. The van der Waals surface area contributed by atoms with Crippen LogP contribution in [0.4, 0.5) is 0 Å². The summed E-state index contributed by atoms with van der Waals surface area (Å²) in [6.07, 6.45) is 1.51. The van der Waals surface area contributed by atoms with E-state index in [0.29, 0.717) is 12.3 Å². The van der Waals surface area contributed by atoms with Gasteiger partial charge in [0.2, 0.25) is 0 Å². The Hall–Kier alpha value is -0.260. The van der Waals surface area contributed by atoms with Crippen molar-refractivity contribution in [2.45, 2.75) is 32.2 Å². The van der Waals surface area contributed by atoms with Crippen LogP contribution in [-0.2, 0) is 9.53 Å². The number of aliphatic hydroxyl groups excluding tert-OH is 1. The van der Waals surface area contributed by atoms with Crippen LogP contribution in [0.1, 0.15) is 26.7 Å². The number of hydrogen-bond donors (Lipinski definition) is 2. The zero-order valence-electron chi connectivity index (χ0n) is 10.4. The highest BCUT2D eigenvalue weighted by atomic mass is 32.2. The number of carbonyl (C=O) groups is 1. The first-order valence-electron chi connectivity index (χ1n) is 5.50. The molecule has 0 aliphatic heterocycles. The Morgan fingerprint density at radius 3 is 2.75 bits per heavy atom. The number of ether oxygens (including phenoxy) is 1. The second kappa shape index (κ2) is 7.92. The first-order chi connectivity index (χ1) is 7.44. The summed E-state index contributed by atoms with van der Waals surface area (Å²) in [6.45, 7) is 3.93. The number of aliphatic hydroxyl groups is 1. The molecule has 0 amide bonds. The number of hydrogen-bond acceptors (Lipinski definition) is 5. The number of thioether (sulfide) groups is 1. The summed E-state index contributed by atoms with van der Waals surface area (Å²) in [5, 5.41) is 8.83. The molecule has 2 atom stereocenters. The van der Waals surface area contributed by atoms with Gasteiger partial charge in [0, 0.05) is 6.61 Å². The van der Waals surface area contributed by atoms with Crippen LogP contribution in [0.5, 0.6) is 0 Å². The fourth-order valence-corrected chi connectivity index (χ4v) is 2.24. The third-order valence-corrected chi connectivity index (χ3v) is 3.73. The summed E-state index contributed by atoms with van der Waals surface area (Å²) in [4.78, 5) is 11.3. The van der Waals surface area contributed by atoms with Gasteiger partial charge in [-0.15, -0.1) is 0 Å². The lowest BCUT2D eigenvalue weighted by molar-refractivity contribution is -0.146. The highest BCUT2D eigenvalue weighted by Gasteiger charge is 2.28. The molecule has 0 aliphatic rings. The van der Waals surface area contributed by atoms with Crippen LogP contribution in [-0.4, -0.2) is 41.8 Å². The second-order valence-corrected chi connectivity index (χ2v) is 5.53. The Labute approximate surface area is 102 Å². The number of methoxy groups -OCH3 is 1. The molecule has 96 valence electrons. The summed E-state index contributed by atoms with van der Waals surface area (Å²) >= 11 is 1.78. The lowest BCUT2D eigenvalue weighted by Gasteiger charge is -2.21. The summed E-state index contributed by atoms with van der Waals surface area (Å²) in [5.41, 5.74) is 4.94. The molecule has 0 rings (SSSR count). The van der Waals surface area contributed by atoms with Gasteiger partial charge in [0.1, 0.15) is 5.54 Å². The average molecular weight is 249 g/mol. The molecule has 0 fully saturated rings. The van der Waals surface area contributed by atoms with E-state index >= 15 is 0 Å². The number of carbonyl (C=O) groups excluding carboxylic acids is 1. The van der Waals surface area contributed by atoms with E-state index < -0.39 is 5.54 Å². The molecule has 0 aliphatic carbocycles. The van der Waals surface area contributed by atoms with E-state index in [1.165, 1.54) is 7.11 Å². The Morgan fingerprint density at radius 2 is 2.25 bits per heavy atom. The van der Waals surface area contributed by atoms with Crippen molar-refractivity contribution < 1.29 is 14.6 Å². The largest absolute Gasteiger partial charge is 0.468 e. The quantitative estimate of drug-likeness (QED) is 0.496. The van der Waals surface area contributed by atoms with Crippen molar-refractivity contribution in [1.82, 2.24) is 0 Å².